The number of carbonyl (C=O) groups excluding carboxylic acids is 1. The second-order valence-electron chi connectivity index (χ2n) is 4.84. The highest BCUT2D eigenvalue weighted by atomic mass is 35.5. The van der Waals surface area contributed by atoms with Crippen LogP contribution in [0.2, 0.25) is 5.02 Å². The van der Waals surface area contributed by atoms with Gasteiger partial charge in [0.15, 0.2) is 0 Å². The molecule has 1 unspecified atom stereocenters. The average molecular weight is 300 g/mol. The van der Waals surface area contributed by atoms with Crippen LogP contribution in [0.1, 0.15) is 26.2 Å². The van der Waals surface area contributed by atoms with E-state index >= 15 is 0 Å². The van der Waals surface area contributed by atoms with Gasteiger partial charge in [-0.05, 0) is 37.0 Å². The highest BCUT2D eigenvalue weighted by Gasteiger charge is 2.03. The summed E-state index contributed by atoms with van der Waals surface area (Å²) in [6, 6.07) is 7.10. The van der Waals surface area contributed by atoms with Crippen LogP contribution in [0.4, 0.5) is 0 Å². The second kappa shape index (κ2) is 9.61. The van der Waals surface area contributed by atoms with E-state index < -0.39 is 0 Å². The topological polar surface area (TPSA) is 58.6 Å². The third-order valence-corrected chi connectivity index (χ3v) is 3.14. The van der Waals surface area contributed by atoms with Gasteiger partial charge in [0.1, 0.15) is 5.75 Å². The van der Waals surface area contributed by atoms with Gasteiger partial charge in [-0.25, -0.2) is 0 Å². The van der Waals surface area contributed by atoms with E-state index in [2.05, 4.69) is 5.32 Å². The maximum Gasteiger partial charge on any atom is 0.223 e. The van der Waals surface area contributed by atoms with Crippen molar-refractivity contribution in [3.63, 3.8) is 0 Å². The van der Waals surface area contributed by atoms with Crippen molar-refractivity contribution in [2.45, 2.75) is 26.2 Å². The molecule has 2 N–H and O–H groups in total. The SMILES string of the molecule is CC(CO)CCCNC(=O)CCOc1cccc(Cl)c1. The predicted molar refractivity (Wildman–Crippen MR) is 80.1 cm³/mol. The summed E-state index contributed by atoms with van der Waals surface area (Å²) < 4.78 is 5.44. The van der Waals surface area contributed by atoms with Crippen LogP contribution in [0.5, 0.6) is 5.75 Å². The number of hydrogen-bond donors (Lipinski definition) is 2. The minimum Gasteiger partial charge on any atom is -0.493 e. The zero-order chi connectivity index (χ0) is 14.8. The number of hydrogen-bond acceptors (Lipinski definition) is 3. The molecule has 1 aromatic rings. The smallest absolute Gasteiger partial charge is 0.223 e. The van der Waals surface area contributed by atoms with Crippen LogP contribution in [0, 0.1) is 5.92 Å². The Kier molecular flexibility index (Phi) is 8.07. The van der Waals surface area contributed by atoms with Gasteiger partial charge in [0.05, 0.1) is 13.0 Å². The van der Waals surface area contributed by atoms with E-state index in [0.29, 0.717) is 30.3 Å². The number of rotatable bonds is 9. The van der Waals surface area contributed by atoms with Crippen molar-refractivity contribution in [1.29, 1.82) is 0 Å². The van der Waals surface area contributed by atoms with Gasteiger partial charge in [-0.15, -0.1) is 0 Å². The van der Waals surface area contributed by atoms with E-state index in [0.717, 1.165) is 12.8 Å². The molecule has 1 rings (SSSR count). The first-order chi connectivity index (χ1) is 9.61. The summed E-state index contributed by atoms with van der Waals surface area (Å²) >= 11 is 5.83. The molecule has 112 valence electrons. The predicted octanol–water partition coefficient (Wildman–Crippen LogP) is 2.63. The molecular formula is C15H22ClNO3. The Morgan fingerprint density at radius 3 is 3.00 bits per heavy atom. The summed E-state index contributed by atoms with van der Waals surface area (Å²) in [5.41, 5.74) is 0. The third kappa shape index (κ3) is 7.36. The summed E-state index contributed by atoms with van der Waals surface area (Å²) in [5.74, 6) is 0.934. The monoisotopic (exact) mass is 299 g/mol. The maximum absolute atomic E-state index is 11.5. The molecule has 0 saturated carbocycles. The van der Waals surface area contributed by atoms with Crippen LogP contribution in [0.15, 0.2) is 24.3 Å². The normalized spacial score (nSPS) is 11.9. The van der Waals surface area contributed by atoms with Gasteiger partial charge in [-0.3, -0.25) is 4.79 Å². The lowest BCUT2D eigenvalue weighted by atomic mass is 10.1. The highest BCUT2D eigenvalue weighted by Crippen LogP contribution is 2.17. The molecule has 4 nitrogen and oxygen atoms in total. The number of halogens is 1. The first-order valence-electron chi connectivity index (χ1n) is 6.87. The molecule has 0 aliphatic heterocycles. The molecule has 1 amide bonds. The summed E-state index contributed by atoms with van der Waals surface area (Å²) in [6.07, 6.45) is 2.11. The number of carbonyl (C=O) groups is 1. The Bertz CT molecular complexity index is 412. The van der Waals surface area contributed by atoms with E-state index in [1.54, 1.807) is 24.3 Å². The van der Waals surface area contributed by atoms with Gasteiger partial charge in [0.2, 0.25) is 5.91 Å². The molecule has 0 heterocycles. The Morgan fingerprint density at radius 2 is 2.30 bits per heavy atom. The zero-order valence-electron chi connectivity index (χ0n) is 11.8. The van der Waals surface area contributed by atoms with E-state index in [1.165, 1.54) is 0 Å². The van der Waals surface area contributed by atoms with E-state index in [4.69, 9.17) is 21.4 Å². The first-order valence-corrected chi connectivity index (χ1v) is 7.25. The van der Waals surface area contributed by atoms with Gasteiger partial charge in [-0.1, -0.05) is 24.6 Å². The van der Waals surface area contributed by atoms with E-state index in [-0.39, 0.29) is 18.4 Å². The molecule has 0 radical (unpaired) electrons. The molecule has 0 saturated heterocycles. The third-order valence-electron chi connectivity index (χ3n) is 2.90. The lowest BCUT2D eigenvalue weighted by molar-refractivity contribution is -0.121. The number of benzene rings is 1. The average Bonchev–Trinajstić information content (AvgIpc) is 2.43. The Labute approximate surface area is 125 Å². The van der Waals surface area contributed by atoms with Crippen molar-refractivity contribution in [3.8, 4) is 5.75 Å². The van der Waals surface area contributed by atoms with Crippen LogP contribution in [-0.4, -0.2) is 30.8 Å². The molecule has 0 aliphatic rings. The van der Waals surface area contributed by atoms with Crippen LogP contribution in [-0.2, 0) is 4.79 Å². The van der Waals surface area contributed by atoms with Crippen molar-refractivity contribution < 1.29 is 14.6 Å². The summed E-state index contributed by atoms with van der Waals surface area (Å²) in [4.78, 5) is 11.5. The van der Waals surface area contributed by atoms with Crippen molar-refractivity contribution in [2.24, 2.45) is 5.92 Å². The molecule has 0 bridgehead atoms. The summed E-state index contributed by atoms with van der Waals surface area (Å²) in [7, 11) is 0. The van der Waals surface area contributed by atoms with Gasteiger partial charge >= 0.3 is 0 Å². The molecular weight excluding hydrogens is 278 g/mol. The highest BCUT2D eigenvalue weighted by molar-refractivity contribution is 6.30. The lowest BCUT2D eigenvalue weighted by Gasteiger charge is -2.09. The number of amides is 1. The van der Waals surface area contributed by atoms with Gasteiger partial charge < -0.3 is 15.2 Å². The molecule has 20 heavy (non-hydrogen) atoms. The number of aliphatic hydroxyl groups excluding tert-OH is 1. The number of ether oxygens (including phenoxy) is 1. The Hall–Kier alpha value is -1.26. The molecule has 5 heteroatoms. The first kappa shape index (κ1) is 16.8. The fraction of sp³-hybridized carbons (Fsp3) is 0.533. The molecule has 1 aromatic carbocycles. The van der Waals surface area contributed by atoms with Crippen molar-refractivity contribution in [3.05, 3.63) is 29.3 Å². The number of aliphatic hydroxyl groups is 1. The van der Waals surface area contributed by atoms with Crippen LogP contribution >= 0.6 is 11.6 Å². The van der Waals surface area contributed by atoms with Gasteiger partial charge in [0, 0.05) is 18.2 Å². The zero-order valence-corrected chi connectivity index (χ0v) is 12.5. The Balaban J connectivity index is 2.08. The molecule has 0 aliphatic carbocycles. The maximum atomic E-state index is 11.5. The fourth-order valence-corrected chi connectivity index (χ4v) is 1.86. The standard InChI is InChI=1S/C15H22ClNO3/c1-12(11-18)4-3-8-17-15(19)7-9-20-14-6-2-5-13(16)10-14/h2,5-6,10,12,18H,3-4,7-9,11H2,1H3,(H,17,19). The van der Waals surface area contributed by atoms with E-state index in [1.807, 2.05) is 6.92 Å². The second-order valence-corrected chi connectivity index (χ2v) is 5.27. The molecule has 0 aromatic heterocycles. The fourth-order valence-electron chi connectivity index (χ4n) is 1.68. The minimum atomic E-state index is -0.0244. The molecule has 0 spiro atoms. The van der Waals surface area contributed by atoms with Crippen LogP contribution in [0.25, 0.3) is 0 Å². The quantitative estimate of drug-likeness (QED) is 0.689. The summed E-state index contributed by atoms with van der Waals surface area (Å²) in [6.45, 7) is 3.15. The van der Waals surface area contributed by atoms with Crippen molar-refractivity contribution >= 4 is 17.5 Å². The van der Waals surface area contributed by atoms with Gasteiger partial charge in [0.25, 0.3) is 0 Å². The lowest BCUT2D eigenvalue weighted by Crippen LogP contribution is -2.26. The van der Waals surface area contributed by atoms with Crippen LogP contribution < -0.4 is 10.1 Å². The Morgan fingerprint density at radius 1 is 1.50 bits per heavy atom. The van der Waals surface area contributed by atoms with Gasteiger partial charge in [-0.2, -0.15) is 0 Å². The molecule has 0 fully saturated rings. The van der Waals surface area contributed by atoms with E-state index in [9.17, 15) is 4.79 Å². The minimum absolute atomic E-state index is 0.0244. The molecule has 1 atom stereocenters. The van der Waals surface area contributed by atoms with Crippen molar-refractivity contribution in [2.75, 3.05) is 19.8 Å². The summed E-state index contributed by atoms with van der Waals surface area (Å²) in [5, 5.41) is 12.3. The van der Waals surface area contributed by atoms with Crippen LogP contribution in [0.3, 0.4) is 0 Å². The van der Waals surface area contributed by atoms with Crippen molar-refractivity contribution in [1.82, 2.24) is 5.32 Å². The number of nitrogens with one attached hydrogen (secondary N) is 1. The largest absolute Gasteiger partial charge is 0.493 e.